The van der Waals surface area contributed by atoms with Gasteiger partial charge in [0.15, 0.2) is 0 Å². The van der Waals surface area contributed by atoms with E-state index in [0.29, 0.717) is 12.1 Å². The Balaban J connectivity index is 2.09. The summed E-state index contributed by atoms with van der Waals surface area (Å²) in [6, 6.07) is 15.0. The lowest BCUT2D eigenvalue weighted by Gasteiger charge is -2.06. The molecule has 0 radical (unpaired) electrons. The summed E-state index contributed by atoms with van der Waals surface area (Å²) in [5.74, 6) is 5.59. The topological polar surface area (TPSA) is 55.1 Å². The third-order valence-electron chi connectivity index (χ3n) is 3.07. The van der Waals surface area contributed by atoms with Crippen LogP contribution in [0.15, 0.2) is 48.5 Å². The Kier molecular flexibility index (Phi) is 5.14. The molecule has 3 nitrogen and oxygen atoms in total. The molecule has 0 saturated heterocycles. The standard InChI is InChI=1S/C18H18N2O/c1-2-14-5-3-7-17(13-14)20-18(21)16-10-8-15(9-11-16)6-4-12-19/h3,5,7-11,13H,2,12,19H2,1H3,(H,20,21). The third kappa shape index (κ3) is 4.20. The highest BCUT2D eigenvalue weighted by molar-refractivity contribution is 6.04. The summed E-state index contributed by atoms with van der Waals surface area (Å²) in [7, 11) is 0. The Bertz CT molecular complexity index is 678. The van der Waals surface area contributed by atoms with E-state index in [4.69, 9.17) is 5.73 Å². The number of carbonyl (C=O) groups is 1. The van der Waals surface area contributed by atoms with Gasteiger partial charge in [-0.05, 0) is 48.4 Å². The number of rotatable bonds is 3. The van der Waals surface area contributed by atoms with E-state index in [1.54, 1.807) is 12.1 Å². The largest absolute Gasteiger partial charge is 0.322 e. The van der Waals surface area contributed by atoms with Crippen LogP contribution >= 0.6 is 0 Å². The zero-order chi connectivity index (χ0) is 15.1. The van der Waals surface area contributed by atoms with E-state index in [1.165, 1.54) is 5.56 Å². The number of amides is 1. The van der Waals surface area contributed by atoms with Crippen molar-refractivity contribution in [3.63, 3.8) is 0 Å². The molecule has 1 amide bonds. The normalized spacial score (nSPS) is 9.62. The van der Waals surface area contributed by atoms with E-state index in [1.807, 2.05) is 36.4 Å². The maximum absolute atomic E-state index is 12.2. The molecule has 2 aromatic rings. The number of hydrogen-bond acceptors (Lipinski definition) is 2. The number of aryl methyl sites for hydroxylation is 1. The van der Waals surface area contributed by atoms with E-state index in [9.17, 15) is 4.79 Å². The Hall–Kier alpha value is -2.57. The van der Waals surface area contributed by atoms with Crippen molar-refractivity contribution in [3.8, 4) is 11.8 Å². The van der Waals surface area contributed by atoms with Gasteiger partial charge in [0.25, 0.3) is 5.91 Å². The summed E-state index contributed by atoms with van der Waals surface area (Å²) in [6.07, 6.45) is 0.943. The molecule has 3 N–H and O–H groups in total. The molecule has 0 saturated carbocycles. The van der Waals surface area contributed by atoms with E-state index in [2.05, 4.69) is 24.1 Å². The van der Waals surface area contributed by atoms with Gasteiger partial charge in [-0.15, -0.1) is 0 Å². The molecule has 2 rings (SSSR count). The number of carbonyl (C=O) groups excluding carboxylic acids is 1. The first-order chi connectivity index (χ1) is 10.2. The van der Waals surface area contributed by atoms with Gasteiger partial charge in [0.2, 0.25) is 0 Å². The molecule has 0 heterocycles. The minimum absolute atomic E-state index is 0.124. The third-order valence-corrected chi connectivity index (χ3v) is 3.07. The van der Waals surface area contributed by atoms with Gasteiger partial charge in [-0.3, -0.25) is 4.79 Å². The van der Waals surface area contributed by atoms with Crippen molar-refractivity contribution in [2.24, 2.45) is 5.73 Å². The van der Waals surface area contributed by atoms with Crippen LogP contribution in [-0.2, 0) is 6.42 Å². The molecule has 0 aliphatic rings. The molecule has 106 valence electrons. The molecular formula is C18H18N2O. The molecule has 3 heteroatoms. The Morgan fingerprint density at radius 1 is 1.19 bits per heavy atom. The van der Waals surface area contributed by atoms with Crippen LogP contribution in [0.3, 0.4) is 0 Å². The molecule has 2 aromatic carbocycles. The van der Waals surface area contributed by atoms with Crippen LogP contribution in [0.25, 0.3) is 0 Å². The van der Waals surface area contributed by atoms with Gasteiger partial charge in [0, 0.05) is 16.8 Å². The Morgan fingerprint density at radius 2 is 1.95 bits per heavy atom. The molecule has 0 spiro atoms. The Morgan fingerprint density at radius 3 is 2.62 bits per heavy atom. The number of nitrogens with two attached hydrogens (primary N) is 1. The van der Waals surface area contributed by atoms with Crippen molar-refractivity contribution in [1.82, 2.24) is 0 Å². The molecule has 0 aromatic heterocycles. The van der Waals surface area contributed by atoms with E-state index in [-0.39, 0.29) is 5.91 Å². The van der Waals surface area contributed by atoms with Crippen LogP contribution in [0.2, 0.25) is 0 Å². The average Bonchev–Trinajstić information content (AvgIpc) is 2.53. The lowest BCUT2D eigenvalue weighted by molar-refractivity contribution is 0.102. The summed E-state index contributed by atoms with van der Waals surface area (Å²) >= 11 is 0. The van der Waals surface area contributed by atoms with Crippen LogP contribution in [0.1, 0.15) is 28.4 Å². The van der Waals surface area contributed by atoms with E-state index in [0.717, 1.165) is 17.7 Å². The van der Waals surface area contributed by atoms with E-state index < -0.39 is 0 Å². The maximum atomic E-state index is 12.2. The number of anilines is 1. The number of nitrogens with one attached hydrogen (secondary N) is 1. The van der Waals surface area contributed by atoms with Gasteiger partial charge < -0.3 is 11.1 Å². The second kappa shape index (κ2) is 7.28. The molecular weight excluding hydrogens is 260 g/mol. The van der Waals surface area contributed by atoms with Crippen molar-refractivity contribution in [2.75, 3.05) is 11.9 Å². The second-order valence-electron chi connectivity index (χ2n) is 4.59. The molecule has 0 aliphatic heterocycles. The van der Waals surface area contributed by atoms with Crippen molar-refractivity contribution < 1.29 is 4.79 Å². The number of hydrogen-bond donors (Lipinski definition) is 2. The zero-order valence-corrected chi connectivity index (χ0v) is 12.0. The zero-order valence-electron chi connectivity index (χ0n) is 12.0. The lowest BCUT2D eigenvalue weighted by Crippen LogP contribution is -2.11. The van der Waals surface area contributed by atoms with Crippen LogP contribution in [0.4, 0.5) is 5.69 Å². The predicted octanol–water partition coefficient (Wildman–Crippen LogP) is 2.81. The maximum Gasteiger partial charge on any atom is 0.255 e. The first-order valence-electron chi connectivity index (χ1n) is 6.92. The fourth-order valence-corrected chi connectivity index (χ4v) is 1.93. The highest BCUT2D eigenvalue weighted by atomic mass is 16.1. The van der Waals surface area contributed by atoms with Crippen molar-refractivity contribution >= 4 is 11.6 Å². The van der Waals surface area contributed by atoms with Crippen molar-refractivity contribution in [2.45, 2.75) is 13.3 Å². The molecule has 21 heavy (non-hydrogen) atoms. The highest BCUT2D eigenvalue weighted by Crippen LogP contribution is 2.13. The fourth-order valence-electron chi connectivity index (χ4n) is 1.93. The first-order valence-corrected chi connectivity index (χ1v) is 6.92. The fraction of sp³-hybridized carbons (Fsp3) is 0.167. The van der Waals surface area contributed by atoms with Gasteiger partial charge in [-0.2, -0.15) is 0 Å². The highest BCUT2D eigenvalue weighted by Gasteiger charge is 2.05. The van der Waals surface area contributed by atoms with Gasteiger partial charge >= 0.3 is 0 Å². The summed E-state index contributed by atoms with van der Waals surface area (Å²) in [5.41, 5.74) is 8.79. The molecule has 0 fully saturated rings. The quantitative estimate of drug-likeness (QED) is 0.848. The second-order valence-corrected chi connectivity index (χ2v) is 4.59. The first kappa shape index (κ1) is 14.8. The molecule has 0 unspecified atom stereocenters. The molecule has 0 atom stereocenters. The van der Waals surface area contributed by atoms with Crippen LogP contribution in [0.5, 0.6) is 0 Å². The molecule has 0 aliphatic carbocycles. The monoisotopic (exact) mass is 278 g/mol. The van der Waals surface area contributed by atoms with Crippen LogP contribution in [-0.4, -0.2) is 12.5 Å². The van der Waals surface area contributed by atoms with Gasteiger partial charge in [-0.1, -0.05) is 30.9 Å². The SMILES string of the molecule is CCc1cccc(NC(=O)c2ccc(C#CCN)cc2)c1. The summed E-state index contributed by atoms with van der Waals surface area (Å²) < 4.78 is 0. The predicted molar refractivity (Wildman–Crippen MR) is 86.1 cm³/mol. The number of benzene rings is 2. The van der Waals surface area contributed by atoms with Gasteiger partial charge in [0.05, 0.1) is 6.54 Å². The average molecular weight is 278 g/mol. The van der Waals surface area contributed by atoms with Gasteiger partial charge in [0.1, 0.15) is 0 Å². The summed E-state index contributed by atoms with van der Waals surface area (Å²) in [5, 5.41) is 2.90. The van der Waals surface area contributed by atoms with E-state index >= 15 is 0 Å². The smallest absolute Gasteiger partial charge is 0.255 e. The Labute approximate surface area is 125 Å². The minimum Gasteiger partial charge on any atom is -0.322 e. The van der Waals surface area contributed by atoms with Crippen molar-refractivity contribution in [1.29, 1.82) is 0 Å². The van der Waals surface area contributed by atoms with Crippen molar-refractivity contribution in [3.05, 3.63) is 65.2 Å². The summed E-state index contributed by atoms with van der Waals surface area (Å²) in [6.45, 7) is 2.41. The van der Waals surface area contributed by atoms with Crippen LogP contribution in [0, 0.1) is 11.8 Å². The van der Waals surface area contributed by atoms with Gasteiger partial charge in [-0.25, -0.2) is 0 Å². The lowest BCUT2D eigenvalue weighted by atomic mass is 10.1. The minimum atomic E-state index is -0.124. The molecule has 0 bridgehead atoms. The van der Waals surface area contributed by atoms with Crippen LogP contribution < -0.4 is 11.1 Å². The summed E-state index contributed by atoms with van der Waals surface area (Å²) in [4.78, 5) is 12.2.